The summed E-state index contributed by atoms with van der Waals surface area (Å²) in [7, 11) is -0.841. The Hall–Kier alpha value is 0.680. The summed E-state index contributed by atoms with van der Waals surface area (Å²) in [6.07, 6.45) is 0.382. The van der Waals surface area contributed by atoms with Crippen molar-refractivity contribution in [2.45, 2.75) is 0 Å². The van der Waals surface area contributed by atoms with Crippen molar-refractivity contribution in [2.24, 2.45) is 0 Å². The number of aliphatic hydroxyl groups excluding tert-OH is 1. The molecule has 3 heteroatoms. The Labute approximate surface area is 51.9 Å². The predicted octanol–water partition coefficient (Wildman–Crippen LogP) is -2.15. The minimum absolute atomic E-state index is 0. The van der Waals surface area contributed by atoms with Crippen LogP contribution in [0.3, 0.4) is 0 Å². The Kier molecular flexibility index (Phi) is 5.54. The molecule has 0 aromatic rings. The van der Waals surface area contributed by atoms with Crippen LogP contribution in [0.4, 0.5) is 0 Å². The summed E-state index contributed by atoms with van der Waals surface area (Å²) in [5, 5.41) is 8.45. The summed E-state index contributed by atoms with van der Waals surface area (Å²) in [6.45, 7) is 6.31. The minimum atomic E-state index is -0.841. The molecule has 0 fully saturated rings. The number of rotatable bonds is 1. The zero-order chi connectivity index (χ0) is 5.21. The van der Waals surface area contributed by atoms with Crippen LogP contribution in [0.5, 0.6) is 0 Å². The van der Waals surface area contributed by atoms with Crippen molar-refractivity contribution in [2.75, 3.05) is 26.3 Å². The van der Waals surface area contributed by atoms with E-state index in [2.05, 4.69) is 20.0 Å². The summed E-state index contributed by atoms with van der Waals surface area (Å²) >= 11 is 0. The van der Waals surface area contributed by atoms with Crippen molar-refractivity contribution in [3.05, 3.63) is 0 Å². The molecule has 0 aliphatic carbocycles. The van der Waals surface area contributed by atoms with Gasteiger partial charge in [0.05, 0.1) is 20.0 Å². The second-order valence-electron chi connectivity index (χ2n) is 2.43. The average Bonchev–Trinajstić information content (AvgIpc) is 1.35. The summed E-state index contributed by atoms with van der Waals surface area (Å²) < 4.78 is 0. The van der Waals surface area contributed by atoms with E-state index in [1.165, 1.54) is 0 Å². The highest BCUT2D eigenvalue weighted by molar-refractivity contribution is 7.73. The van der Waals surface area contributed by atoms with Gasteiger partial charge in [-0.25, -0.2) is 0 Å². The highest BCUT2D eigenvalue weighted by Crippen LogP contribution is 2.44. The second kappa shape index (κ2) is 3.65. The summed E-state index contributed by atoms with van der Waals surface area (Å²) in [5.74, 6) is 0. The lowest BCUT2D eigenvalue weighted by Gasteiger charge is -2.03. The lowest BCUT2D eigenvalue weighted by atomic mass is 11.7. The summed E-state index contributed by atoms with van der Waals surface area (Å²) in [5.41, 5.74) is 0. The molecule has 0 aromatic carbocycles. The van der Waals surface area contributed by atoms with Gasteiger partial charge in [-0.05, 0) is 0 Å². The molecule has 0 atom stereocenters. The monoisotopic (exact) mass is 142 g/mol. The third-order valence-electron chi connectivity index (χ3n) is 0.424. The van der Waals surface area contributed by atoms with E-state index in [4.69, 9.17) is 5.11 Å². The van der Waals surface area contributed by atoms with Gasteiger partial charge in [-0.3, -0.25) is 0 Å². The van der Waals surface area contributed by atoms with Crippen molar-refractivity contribution in [1.29, 1.82) is 0 Å². The maximum absolute atomic E-state index is 8.45. The number of hydrogen-bond donors (Lipinski definition) is 1. The third-order valence-corrected chi connectivity index (χ3v) is 1.27. The van der Waals surface area contributed by atoms with Gasteiger partial charge in [0, 0.05) is 7.26 Å². The molecule has 1 nitrogen and oxygen atoms in total. The van der Waals surface area contributed by atoms with Crippen LogP contribution in [0, 0.1) is 0 Å². The average molecular weight is 143 g/mol. The van der Waals surface area contributed by atoms with Crippen molar-refractivity contribution in [3.63, 3.8) is 0 Å². The van der Waals surface area contributed by atoms with Gasteiger partial charge in [-0.2, -0.15) is 0 Å². The van der Waals surface area contributed by atoms with Crippen LogP contribution in [0.15, 0.2) is 0 Å². The second-order valence-corrected chi connectivity index (χ2v) is 7.30. The fourth-order valence-corrected chi connectivity index (χ4v) is 0. The van der Waals surface area contributed by atoms with Gasteiger partial charge in [0.1, 0.15) is 0 Å². The smallest absolute Gasteiger partial charge is 0.153 e. The Bertz CT molecular complexity index is 41.4. The highest BCUT2D eigenvalue weighted by Gasteiger charge is 2.12. The molecule has 0 saturated heterocycles. The van der Waals surface area contributed by atoms with Gasteiger partial charge in [0.2, 0.25) is 0 Å². The standard InChI is InChI=1S/C4H12OP.ClH/c1-6(2,3)4-5;/h5H,4H2,1-3H3;1H/q+1;/p-1. The van der Waals surface area contributed by atoms with E-state index in [-0.39, 0.29) is 12.4 Å². The number of hydrogen-bond acceptors (Lipinski definition) is 1. The van der Waals surface area contributed by atoms with Gasteiger partial charge in [0.15, 0.2) is 6.35 Å². The zero-order valence-corrected chi connectivity index (χ0v) is 6.63. The maximum atomic E-state index is 8.45. The van der Waals surface area contributed by atoms with Gasteiger partial charge in [0.25, 0.3) is 0 Å². The first-order valence-electron chi connectivity index (χ1n) is 1.97. The van der Waals surface area contributed by atoms with E-state index in [0.717, 1.165) is 0 Å². The van der Waals surface area contributed by atoms with Gasteiger partial charge >= 0.3 is 0 Å². The highest BCUT2D eigenvalue weighted by atomic mass is 35.5. The SMILES string of the molecule is C[P+](C)(C)CO.[Cl-]. The van der Waals surface area contributed by atoms with Crippen molar-refractivity contribution in [3.8, 4) is 0 Å². The van der Waals surface area contributed by atoms with Crippen LogP contribution in [0.25, 0.3) is 0 Å². The summed E-state index contributed by atoms with van der Waals surface area (Å²) in [4.78, 5) is 0. The van der Waals surface area contributed by atoms with Gasteiger partial charge in [-0.1, -0.05) is 0 Å². The minimum Gasteiger partial charge on any atom is -1.00 e. The molecule has 7 heavy (non-hydrogen) atoms. The Balaban J connectivity index is 0. The van der Waals surface area contributed by atoms with Crippen molar-refractivity contribution < 1.29 is 17.5 Å². The molecule has 0 rings (SSSR count). The van der Waals surface area contributed by atoms with Crippen LogP contribution in [0.1, 0.15) is 0 Å². The van der Waals surface area contributed by atoms with Crippen LogP contribution in [0.2, 0.25) is 0 Å². The van der Waals surface area contributed by atoms with E-state index in [1.807, 2.05) is 0 Å². The Morgan fingerprint density at radius 2 is 1.43 bits per heavy atom. The number of aliphatic hydroxyl groups is 1. The quantitative estimate of drug-likeness (QED) is 0.414. The van der Waals surface area contributed by atoms with E-state index < -0.39 is 7.26 Å². The normalized spacial score (nSPS) is 10.3. The molecule has 0 heterocycles. The van der Waals surface area contributed by atoms with E-state index in [1.54, 1.807) is 0 Å². The lowest BCUT2D eigenvalue weighted by Crippen LogP contribution is -3.00. The van der Waals surface area contributed by atoms with Crippen LogP contribution < -0.4 is 12.4 Å². The first kappa shape index (κ1) is 10.6. The van der Waals surface area contributed by atoms with Gasteiger partial charge < -0.3 is 17.5 Å². The van der Waals surface area contributed by atoms with E-state index in [0.29, 0.717) is 6.35 Å². The summed E-state index contributed by atoms with van der Waals surface area (Å²) in [6, 6.07) is 0. The van der Waals surface area contributed by atoms with E-state index >= 15 is 0 Å². The van der Waals surface area contributed by atoms with Crippen LogP contribution in [-0.4, -0.2) is 31.4 Å². The number of halogens is 1. The molecule has 0 radical (unpaired) electrons. The largest absolute Gasteiger partial charge is 1.00 e. The van der Waals surface area contributed by atoms with Crippen molar-refractivity contribution in [1.82, 2.24) is 0 Å². The van der Waals surface area contributed by atoms with Crippen LogP contribution in [-0.2, 0) is 0 Å². The first-order chi connectivity index (χ1) is 2.56. The molecule has 1 N–H and O–H groups in total. The van der Waals surface area contributed by atoms with Gasteiger partial charge in [-0.15, -0.1) is 0 Å². The lowest BCUT2D eigenvalue weighted by molar-refractivity contribution is -0.00000233. The van der Waals surface area contributed by atoms with Crippen molar-refractivity contribution >= 4 is 7.26 Å². The molecule has 0 unspecified atom stereocenters. The molecular weight excluding hydrogens is 130 g/mol. The van der Waals surface area contributed by atoms with E-state index in [9.17, 15) is 0 Å². The molecule has 0 saturated carbocycles. The Morgan fingerprint density at radius 1 is 1.29 bits per heavy atom. The molecule has 0 aliphatic heterocycles. The molecular formula is C4H12ClOP. The maximum Gasteiger partial charge on any atom is 0.153 e. The molecule has 0 aromatic heterocycles. The van der Waals surface area contributed by atoms with Crippen LogP contribution >= 0.6 is 7.26 Å². The first-order valence-corrected chi connectivity index (χ1v) is 5.29. The fraction of sp³-hybridized carbons (Fsp3) is 1.00. The third kappa shape index (κ3) is 10.8. The topological polar surface area (TPSA) is 20.2 Å². The Morgan fingerprint density at radius 3 is 1.43 bits per heavy atom. The molecule has 0 spiro atoms. The predicted molar refractivity (Wildman–Crippen MR) is 31.8 cm³/mol. The fourth-order valence-electron chi connectivity index (χ4n) is 0. The molecule has 0 bridgehead atoms. The zero-order valence-electron chi connectivity index (χ0n) is 4.98. The molecule has 0 amide bonds. The molecule has 46 valence electrons. The molecule has 0 aliphatic rings.